The second-order valence-corrected chi connectivity index (χ2v) is 9.22. The van der Waals surface area contributed by atoms with Crippen LogP contribution in [0.3, 0.4) is 0 Å². The summed E-state index contributed by atoms with van der Waals surface area (Å²) >= 11 is 4.91. The summed E-state index contributed by atoms with van der Waals surface area (Å²) in [4.78, 5) is 16.9. The summed E-state index contributed by atoms with van der Waals surface area (Å²) in [7, 11) is 0. The van der Waals surface area contributed by atoms with Crippen molar-refractivity contribution in [2.45, 2.75) is 40.0 Å². The van der Waals surface area contributed by atoms with Crippen LogP contribution < -0.4 is 0 Å². The van der Waals surface area contributed by atoms with Gasteiger partial charge in [-0.25, -0.2) is 0 Å². The van der Waals surface area contributed by atoms with Crippen LogP contribution in [0, 0.1) is 19.3 Å². The first kappa shape index (κ1) is 20.8. The summed E-state index contributed by atoms with van der Waals surface area (Å²) in [5, 5.41) is 15.9. The van der Waals surface area contributed by atoms with Crippen LogP contribution in [-0.2, 0) is 4.79 Å². The Morgan fingerprint density at radius 1 is 1.27 bits per heavy atom. The second-order valence-electron chi connectivity index (χ2n) is 7.26. The first-order chi connectivity index (χ1) is 14.4. The fraction of sp³-hybridized carbons (Fsp3) is 0.273. The number of halogens is 1. The average molecular weight is 484 g/mol. The molecule has 154 valence electrons. The molecule has 0 spiro atoms. The van der Waals surface area contributed by atoms with Gasteiger partial charge in [-0.15, -0.1) is 0 Å². The maximum atomic E-state index is 12.7. The largest absolute Gasteiger partial charge is 0.318 e. The minimum Gasteiger partial charge on any atom is -0.318 e. The first-order valence-corrected chi connectivity index (χ1v) is 11.4. The van der Waals surface area contributed by atoms with E-state index in [-0.39, 0.29) is 11.4 Å². The lowest BCUT2D eigenvalue weighted by molar-refractivity contribution is -0.114. The van der Waals surface area contributed by atoms with E-state index in [1.807, 2.05) is 38.1 Å². The number of amidine groups is 2. The smallest absolute Gasteiger partial charge is 0.283 e. The van der Waals surface area contributed by atoms with Gasteiger partial charge in [-0.05, 0) is 74.4 Å². The van der Waals surface area contributed by atoms with Gasteiger partial charge in [-0.3, -0.25) is 10.2 Å². The number of aryl methyl sites for hydroxylation is 1. The predicted octanol–water partition coefficient (Wildman–Crippen LogP) is 5.67. The number of carbonyl (C=O) groups is 1. The summed E-state index contributed by atoms with van der Waals surface area (Å²) < 4.78 is 3.14. The Hall–Kier alpha value is -2.45. The van der Waals surface area contributed by atoms with Crippen molar-refractivity contribution in [1.82, 2.24) is 9.58 Å². The number of benzene rings is 1. The zero-order valence-corrected chi connectivity index (χ0v) is 19.5. The summed E-state index contributed by atoms with van der Waals surface area (Å²) in [6, 6.07) is 10.1. The van der Waals surface area contributed by atoms with Gasteiger partial charge in [0.15, 0.2) is 5.84 Å². The standard InChI is InChI=1S/C22H22BrN5OS/c1-4-5-9-19-26-28-20(24)18(21(29)25-22(28)30-19)11-15-10-13(2)27(14(15)3)17-8-6-7-16(23)12-17/h6-8,10-12,24H,4-5,9H2,1-3H3/b18-11+,24-20?. The molecule has 0 unspecified atom stereocenters. The summed E-state index contributed by atoms with van der Waals surface area (Å²) in [5.74, 6) is -0.311. The lowest BCUT2D eigenvalue weighted by atomic mass is 10.1. The van der Waals surface area contributed by atoms with E-state index >= 15 is 0 Å². The third-order valence-electron chi connectivity index (χ3n) is 5.08. The third kappa shape index (κ3) is 3.81. The number of aliphatic imine (C=N–C) groups is 1. The van der Waals surface area contributed by atoms with Crippen molar-refractivity contribution < 1.29 is 4.79 Å². The number of carbonyl (C=O) groups excluding carboxylic acids is 1. The van der Waals surface area contributed by atoms with Crippen LogP contribution in [0.5, 0.6) is 0 Å². The number of nitrogens with one attached hydrogen (secondary N) is 1. The van der Waals surface area contributed by atoms with Gasteiger partial charge in [0, 0.05) is 21.5 Å². The van der Waals surface area contributed by atoms with Crippen LogP contribution in [0.4, 0.5) is 0 Å². The van der Waals surface area contributed by atoms with Crippen LogP contribution in [0.1, 0.15) is 43.1 Å². The molecule has 2 aromatic rings. The summed E-state index contributed by atoms with van der Waals surface area (Å²) in [6.07, 6.45) is 4.69. The van der Waals surface area contributed by atoms with Gasteiger partial charge in [-0.1, -0.05) is 35.3 Å². The van der Waals surface area contributed by atoms with Crippen molar-refractivity contribution in [1.29, 1.82) is 5.41 Å². The van der Waals surface area contributed by atoms with Gasteiger partial charge in [0.1, 0.15) is 5.04 Å². The fourth-order valence-electron chi connectivity index (χ4n) is 3.56. The highest BCUT2D eigenvalue weighted by Crippen LogP contribution is 2.31. The zero-order valence-electron chi connectivity index (χ0n) is 17.1. The maximum absolute atomic E-state index is 12.7. The van der Waals surface area contributed by atoms with Crippen molar-refractivity contribution in [3.8, 4) is 5.69 Å². The highest BCUT2D eigenvalue weighted by Gasteiger charge is 2.35. The van der Waals surface area contributed by atoms with Crippen molar-refractivity contribution in [3.63, 3.8) is 0 Å². The van der Waals surface area contributed by atoms with E-state index in [0.29, 0.717) is 5.17 Å². The Kier molecular flexibility index (Phi) is 5.79. The van der Waals surface area contributed by atoms with E-state index in [9.17, 15) is 4.79 Å². The molecule has 30 heavy (non-hydrogen) atoms. The minimum absolute atomic E-state index is 0.0799. The Labute approximate surface area is 188 Å². The molecule has 0 radical (unpaired) electrons. The van der Waals surface area contributed by atoms with Crippen molar-refractivity contribution in [3.05, 3.63) is 57.3 Å². The van der Waals surface area contributed by atoms with Crippen LogP contribution in [0.15, 0.2) is 50.5 Å². The van der Waals surface area contributed by atoms with Gasteiger partial charge >= 0.3 is 0 Å². The van der Waals surface area contributed by atoms with E-state index in [2.05, 4.69) is 43.6 Å². The molecule has 0 fully saturated rings. The molecular formula is C22H22BrN5OS. The fourth-order valence-corrected chi connectivity index (χ4v) is 4.88. The molecule has 0 saturated carbocycles. The second kappa shape index (κ2) is 8.35. The highest BCUT2D eigenvalue weighted by molar-refractivity contribution is 9.10. The normalized spacial score (nSPS) is 17.5. The highest BCUT2D eigenvalue weighted by atomic mass is 79.9. The molecule has 2 aliphatic rings. The van der Waals surface area contributed by atoms with E-state index in [1.54, 1.807) is 6.08 Å². The van der Waals surface area contributed by atoms with Crippen molar-refractivity contribution in [2.24, 2.45) is 10.1 Å². The molecule has 4 rings (SSSR count). The van der Waals surface area contributed by atoms with Crippen LogP contribution in [0.2, 0.25) is 0 Å². The summed E-state index contributed by atoms with van der Waals surface area (Å²) in [5.41, 5.74) is 4.23. The van der Waals surface area contributed by atoms with Gasteiger partial charge in [0.05, 0.1) is 5.57 Å². The molecular weight excluding hydrogens is 462 g/mol. The van der Waals surface area contributed by atoms with E-state index in [0.717, 1.165) is 51.4 Å². The van der Waals surface area contributed by atoms with Crippen LogP contribution in [-0.4, -0.2) is 31.5 Å². The first-order valence-electron chi connectivity index (χ1n) is 9.83. The van der Waals surface area contributed by atoms with Crippen molar-refractivity contribution in [2.75, 3.05) is 0 Å². The molecule has 6 nitrogen and oxygen atoms in total. The van der Waals surface area contributed by atoms with Gasteiger partial charge < -0.3 is 4.57 Å². The molecule has 3 heterocycles. The number of thioether (sulfide) groups is 1. The predicted molar refractivity (Wildman–Crippen MR) is 127 cm³/mol. The molecule has 1 aromatic heterocycles. The number of rotatable bonds is 5. The number of aromatic nitrogens is 1. The Bertz CT molecular complexity index is 1140. The molecule has 0 aliphatic carbocycles. The monoisotopic (exact) mass is 483 g/mol. The number of hydrazone groups is 1. The number of fused-ring (bicyclic) bond motifs is 1. The molecule has 1 amide bonds. The third-order valence-corrected chi connectivity index (χ3v) is 6.54. The number of hydrogen-bond donors (Lipinski definition) is 1. The lowest BCUT2D eigenvalue weighted by Crippen LogP contribution is -2.35. The number of nitrogens with zero attached hydrogens (tertiary/aromatic N) is 4. The Morgan fingerprint density at radius 3 is 2.80 bits per heavy atom. The topological polar surface area (TPSA) is 73.8 Å². The zero-order chi connectivity index (χ0) is 21.4. The maximum Gasteiger partial charge on any atom is 0.283 e. The van der Waals surface area contributed by atoms with Gasteiger partial charge in [0.2, 0.25) is 5.17 Å². The molecule has 2 aliphatic heterocycles. The SMILES string of the molecule is CCCCC1=NN2C(=N)/C(=C\c3cc(C)n(-c4cccc(Br)c4)c3C)C(=O)N=C2S1. The van der Waals surface area contributed by atoms with E-state index in [4.69, 9.17) is 5.41 Å². The Balaban J connectivity index is 1.69. The average Bonchev–Trinajstić information content (AvgIpc) is 3.23. The summed E-state index contributed by atoms with van der Waals surface area (Å²) in [6.45, 7) is 6.17. The Morgan fingerprint density at radius 2 is 2.07 bits per heavy atom. The van der Waals surface area contributed by atoms with Crippen molar-refractivity contribution >= 4 is 55.7 Å². The molecule has 8 heteroatoms. The molecule has 0 saturated heterocycles. The molecule has 0 bridgehead atoms. The van der Waals surface area contributed by atoms with Gasteiger partial charge in [0.25, 0.3) is 5.91 Å². The van der Waals surface area contributed by atoms with Gasteiger partial charge in [-0.2, -0.15) is 15.1 Å². The van der Waals surface area contributed by atoms with E-state index < -0.39 is 5.91 Å². The number of hydrogen-bond acceptors (Lipinski definition) is 4. The van der Waals surface area contributed by atoms with E-state index in [1.165, 1.54) is 16.8 Å². The minimum atomic E-state index is -0.391. The number of unbranched alkanes of at least 4 members (excludes halogenated alkanes) is 1. The molecule has 1 N–H and O–H groups in total. The molecule has 0 atom stereocenters. The molecule has 1 aromatic carbocycles. The van der Waals surface area contributed by atoms with Crippen LogP contribution in [0.25, 0.3) is 11.8 Å². The lowest BCUT2D eigenvalue weighted by Gasteiger charge is -2.20. The quantitative estimate of drug-likeness (QED) is 0.556. The van der Waals surface area contributed by atoms with Crippen LogP contribution >= 0.6 is 27.7 Å². The number of amides is 1.